The van der Waals surface area contributed by atoms with Gasteiger partial charge in [0.1, 0.15) is 0 Å². The van der Waals surface area contributed by atoms with Crippen molar-refractivity contribution in [2.75, 3.05) is 0 Å². The topological polar surface area (TPSA) is 0 Å². The molecule has 0 aromatic carbocycles. The Kier molecular flexibility index (Phi) is 2.42. The van der Waals surface area contributed by atoms with Gasteiger partial charge in [0.25, 0.3) is 0 Å². The number of hydrogen-bond acceptors (Lipinski definition) is 0. The molecule has 0 aromatic heterocycles. The van der Waals surface area contributed by atoms with E-state index in [1.807, 2.05) is 0 Å². The van der Waals surface area contributed by atoms with Gasteiger partial charge in [-0.3, -0.25) is 0 Å². The Hall–Kier alpha value is 0.155. The Bertz CT molecular complexity index is 106. The first kappa shape index (κ1) is 5.29. The molecule has 0 saturated carbocycles. The van der Waals surface area contributed by atoms with Crippen LogP contribution in [0.4, 0.5) is 0 Å². The molecule has 32 valence electrons. The molecule has 0 nitrogen and oxygen atoms in total. The summed E-state index contributed by atoms with van der Waals surface area (Å²) in [4.78, 5) is 0. The van der Waals surface area contributed by atoms with Crippen LogP contribution < -0.4 is 0 Å². The van der Waals surface area contributed by atoms with Crippen molar-refractivity contribution in [3.05, 3.63) is 31.5 Å². The van der Waals surface area contributed by atoms with Gasteiger partial charge >= 0.3 is 56.0 Å². The molecule has 1 rings (SSSR count). The van der Waals surface area contributed by atoms with E-state index in [1.165, 1.54) is 0 Å². The van der Waals surface area contributed by atoms with E-state index in [1.54, 1.807) is 0 Å². The molecule has 1 heteroatoms. The predicted molar refractivity (Wildman–Crippen MR) is 27.4 cm³/mol. The quantitative estimate of drug-likeness (QED) is 0.591. The van der Waals surface area contributed by atoms with E-state index in [-0.39, 0.29) is 0 Å². The molecular formula is C6H6Hg. The predicted octanol–water partition coefficient (Wildman–Crippen LogP) is 1.67. The standard InChI is InChI=1S/C6H6.Hg/c1-3-5-6-4-2;/h1-6H;. The molecular weight excluding hydrogens is 273 g/mol. The molecule has 0 saturated heterocycles. The maximum atomic E-state index is 2.35. The Labute approximate surface area is 56.0 Å². The molecule has 7 heavy (non-hydrogen) atoms. The Morgan fingerprint density at radius 1 is 0.714 bits per heavy atom. The van der Waals surface area contributed by atoms with Gasteiger partial charge in [0.15, 0.2) is 0 Å². The second-order valence-corrected chi connectivity index (χ2v) is 6.97. The summed E-state index contributed by atoms with van der Waals surface area (Å²) in [6.45, 7) is 0. The fourth-order valence-corrected chi connectivity index (χ4v) is 3.58. The number of hydrogen-bond donors (Lipinski definition) is 0. The van der Waals surface area contributed by atoms with Gasteiger partial charge in [-0.15, -0.1) is 0 Å². The second-order valence-electron chi connectivity index (χ2n) is 1.48. The van der Waals surface area contributed by atoms with Gasteiger partial charge in [-0.05, 0) is 0 Å². The summed E-state index contributed by atoms with van der Waals surface area (Å²) >= 11 is -0.566. The first-order valence-electron chi connectivity index (χ1n) is 2.48. The molecule has 0 aromatic rings. The van der Waals surface area contributed by atoms with Crippen molar-refractivity contribution in [3.8, 4) is 0 Å². The Morgan fingerprint density at radius 3 is 1.86 bits per heavy atom. The zero-order valence-corrected chi connectivity index (χ0v) is 9.67. The van der Waals surface area contributed by atoms with Gasteiger partial charge in [0.2, 0.25) is 0 Å². The zero-order valence-electron chi connectivity index (χ0n) is 4.17. The maximum absolute atomic E-state index is 2.35. The summed E-state index contributed by atoms with van der Waals surface area (Å²) in [5.74, 6) is 0. The van der Waals surface area contributed by atoms with Crippen LogP contribution in [0.15, 0.2) is 31.5 Å². The third-order valence-corrected chi connectivity index (χ3v) is 5.11. The molecule has 0 amide bonds. The minimum atomic E-state index is -0.566. The third-order valence-electron chi connectivity index (χ3n) is 0.878. The molecule has 0 spiro atoms. The molecule has 0 N–H and O–H groups in total. The van der Waals surface area contributed by atoms with Crippen molar-refractivity contribution >= 4 is 0 Å². The van der Waals surface area contributed by atoms with Crippen LogP contribution in [0.3, 0.4) is 0 Å². The molecule has 0 bridgehead atoms. The van der Waals surface area contributed by atoms with Crippen molar-refractivity contribution in [1.82, 2.24) is 0 Å². The van der Waals surface area contributed by atoms with Crippen LogP contribution >= 0.6 is 0 Å². The summed E-state index contributed by atoms with van der Waals surface area (Å²) in [5.41, 5.74) is 0. The molecule has 1 aliphatic heterocycles. The van der Waals surface area contributed by atoms with Crippen molar-refractivity contribution in [2.24, 2.45) is 0 Å². The van der Waals surface area contributed by atoms with Crippen molar-refractivity contribution in [3.63, 3.8) is 0 Å². The molecule has 1 heterocycles. The molecule has 0 radical (unpaired) electrons. The SMILES string of the molecule is C1=CC=[CH][Hg][CH]=C1. The van der Waals surface area contributed by atoms with Gasteiger partial charge in [-0.25, -0.2) is 0 Å². The molecule has 0 atom stereocenters. The zero-order chi connectivity index (χ0) is 4.95. The second kappa shape index (κ2) is 3.20. The third kappa shape index (κ3) is 2.08. The fraction of sp³-hybridized carbons (Fsp3) is 0. The number of allylic oxidation sites excluding steroid dienone is 4. The van der Waals surface area contributed by atoms with Crippen LogP contribution in [0.2, 0.25) is 0 Å². The normalized spacial score (nSPS) is 14.9. The van der Waals surface area contributed by atoms with E-state index in [0.717, 1.165) is 0 Å². The summed E-state index contributed by atoms with van der Waals surface area (Å²) in [6.07, 6.45) is 8.48. The van der Waals surface area contributed by atoms with Crippen LogP contribution in [0.25, 0.3) is 0 Å². The Morgan fingerprint density at radius 2 is 1.29 bits per heavy atom. The molecule has 0 fully saturated rings. The van der Waals surface area contributed by atoms with E-state index in [4.69, 9.17) is 0 Å². The fourth-order valence-electron chi connectivity index (χ4n) is 0.521. The van der Waals surface area contributed by atoms with Gasteiger partial charge in [-0.2, -0.15) is 0 Å². The molecule has 1 aliphatic rings. The molecule has 0 aliphatic carbocycles. The van der Waals surface area contributed by atoms with E-state index in [0.29, 0.717) is 0 Å². The van der Waals surface area contributed by atoms with Crippen LogP contribution in [0, 0.1) is 0 Å². The first-order valence-corrected chi connectivity index (χ1v) is 8.83. The summed E-state index contributed by atoms with van der Waals surface area (Å²) in [5, 5.41) is 0. The van der Waals surface area contributed by atoms with Gasteiger partial charge in [-0.1, -0.05) is 0 Å². The van der Waals surface area contributed by atoms with Crippen molar-refractivity contribution < 1.29 is 24.6 Å². The average molecular weight is 279 g/mol. The minimum absolute atomic E-state index is 0.566. The van der Waals surface area contributed by atoms with Crippen LogP contribution in [0.5, 0.6) is 0 Å². The van der Waals surface area contributed by atoms with Gasteiger partial charge in [0.05, 0.1) is 0 Å². The Balaban J connectivity index is 2.60. The number of rotatable bonds is 0. The van der Waals surface area contributed by atoms with Crippen molar-refractivity contribution in [1.29, 1.82) is 0 Å². The monoisotopic (exact) mass is 280 g/mol. The van der Waals surface area contributed by atoms with Gasteiger partial charge in [0, 0.05) is 0 Å². The average Bonchev–Trinajstić information content (AvgIpc) is 1.90. The van der Waals surface area contributed by atoms with Crippen LogP contribution in [0.1, 0.15) is 0 Å². The van der Waals surface area contributed by atoms with E-state index >= 15 is 0 Å². The van der Waals surface area contributed by atoms with Crippen LogP contribution in [-0.2, 0) is 24.6 Å². The van der Waals surface area contributed by atoms with Crippen LogP contribution in [-0.4, -0.2) is 0 Å². The van der Waals surface area contributed by atoms with E-state index in [2.05, 4.69) is 31.5 Å². The molecule has 0 unspecified atom stereocenters. The van der Waals surface area contributed by atoms with E-state index < -0.39 is 24.6 Å². The van der Waals surface area contributed by atoms with E-state index in [9.17, 15) is 0 Å². The summed E-state index contributed by atoms with van der Waals surface area (Å²) in [7, 11) is 0. The summed E-state index contributed by atoms with van der Waals surface area (Å²) < 4.78 is 4.69. The first-order chi connectivity index (χ1) is 3.50. The summed E-state index contributed by atoms with van der Waals surface area (Å²) in [6, 6.07) is 0. The van der Waals surface area contributed by atoms with Crippen molar-refractivity contribution in [2.45, 2.75) is 0 Å². The van der Waals surface area contributed by atoms with Gasteiger partial charge < -0.3 is 0 Å².